The highest BCUT2D eigenvalue weighted by atomic mass is 35.5. The third-order valence-electron chi connectivity index (χ3n) is 3.25. The Morgan fingerprint density at radius 3 is 3.05 bits per heavy atom. The molecule has 2 rings (SSSR count). The van der Waals surface area contributed by atoms with Gasteiger partial charge in [-0.25, -0.2) is 0 Å². The number of benzene rings is 1. The molecule has 0 spiro atoms. The molecule has 1 aromatic rings. The minimum Gasteiger partial charge on any atom is -0.374 e. The number of carbonyl (C=O) groups is 1. The predicted octanol–water partition coefficient (Wildman–Crippen LogP) is 1.85. The van der Waals surface area contributed by atoms with Crippen LogP contribution in [-0.4, -0.2) is 56.7 Å². The van der Waals surface area contributed by atoms with E-state index in [4.69, 9.17) is 27.9 Å². The van der Waals surface area contributed by atoms with Gasteiger partial charge in [0, 0.05) is 19.6 Å². The molecule has 1 atom stereocenters. The minimum absolute atomic E-state index is 0.107. The first kappa shape index (κ1) is 16.5. The van der Waals surface area contributed by atoms with Gasteiger partial charge >= 0.3 is 0 Å². The molecule has 1 aromatic carbocycles. The Hall–Kier alpha value is -0.850. The molecule has 1 heterocycles. The second-order valence-corrected chi connectivity index (χ2v) is 5.72. The maximum Gasteiger partial charge on any atom is 0.238 e. The van der Waals surface area contributed by atoms with Gasteiger partial charge in [-0.05, 0) is 19.2 Å². The van der Waals surface area contributed by atoms with E-state index in [0.717, 1.165) is 19.6 Å². The molecule has 1 unspecified atom stereocenters. The van der Waals surface area contributed by atoms with Crippen molar-refractivity contribution >= 4 is 34.8 Å². The Morgan fingerprint density at radius 1 is 1.48 bits per heavy atom. The van der Waals surface area contributed by atoms with Crippen LogP contribution in [0.3, 0.4) is 0 Å². The molecular formula is C14H19Cl2N3O2. The summed E-state index contributed by atoms with van der Waals surface area (Å²) >= 11 is 12.0. The van der Waals surface area contributed by atoms with Crippen LogP contribution >= 0.6 is 23.2 Å². The summed E-state index contributed by atoms with van der Waals surface area (Å²) in [6.45, 7) is 3.21. The largest absolute Gasteiger partial charge is 0.374 e. The summed E-state index contributed by atoms with van der Waals surface area (Å²) < 4.78 is 5.61. The predicted molar refractivity (Wildman–Crippen MR) is 85.2 cm³/mol. The first-order valence-electron chi connectivity index (χ1n) is 6.82. The highest BCUT2D eigenvalue weighted by Gasteiger charge is 2.21. The Kier molecular flexibility index (Phi) is 6.26. The molecule has 1 saturated heterocycles. The van der Waals surface area contributed by atoms with E-state index in [0.29, 0.717) is 28.9 Å². The monoisotopic (exact) mass is 331 g/mol. The number of anilines is 1. The van der Waals surface area contributed by atoms with Crippen molar-refractivity contribution in [3.8, 4) is 0 Å². The number of likely N-dealkylation sites (N-methyl/N-ethyl adjacent to an activating group) is 1. The molecule has 1 aliphatic heterocycles. The van der Waals surface area contributed by atoms with Gasteiger partial charge in [0.1, 0.15) is 0 Å². The van der Waals surface area contributed by atoms with Crippen molar-refractivity contribution < 1.29 is 9.53 Å². The van der Waals surface area contributed by atoms with Gasteiger partial charge in [-0.1, -0.05) is 29.3 Å². The lowest BCUT2D eigenvalue weighted by atomic mass is 10.2. The number of nitrogens with zero attached hydrogens (tertiary/aromatic N) is 1. The molecular weight excluding hydrogens is 313 g/mol. The van der Waals surface area contributed by atoms with Gasteiger partial charge in [0.05, 0.1) is 35.0 Å². The van der Waals surface area contributed by atoms with Crippen molar-refractivity contribution in [2.45, 2.75) is 6.10 Å². The van der Waals surface area contributed by atoms with Crippen LogP contribution in [0.25, 0.3) is 0 Å². The lowest BCUT2D eigenvalue weighted by Crippen LogP contribution is -2.48. The first-order valence-corrected chi connectivity index (χ1v) is 7.58. The number of hydrogen-bond acceptors (Lipinski definition) is 4. The average Bonchev–Trinajstić information content (AvgIpc) is 2.44. The van der Waals surface area contributed by atoms with E-state index < -0.39 is 0 Å². The van der Waals surface area contributed by atoms with Crippen molar-refractivity contribution in [3.63, 3.8) is 0 Å². The SMILES string of the molecule is CNCC1CN(CC(=O)Nc2cccc(Cl)c2Cl)CCO1. The number of carbonyl (C=O) groups excluding carboxylic acids is 1. The quantitative estimate of drug-likeness (QED) is 0.864. The van der Waals surface area contributed by atoms with Gasteiger partial charge in [-0.3, -0.25) is 9.69 Å². The van der Waals surface area contributed by atoms with Gasteiger partial charge in [0.15, 0.2) is 0 Å². The third-order valence-corrected chi connectivity index (χ3v) is 4.07. The van der Waals surface area contributed by atoms with Crippen LogP contribution in [-0.2, 0) is 9.53 Å². The number of hydrogen-bond donors (Lipinski definition) is 2. The topological polar surface area (TPSA) is 53.6 Å². The van der Waals surface area contributed by atoms with Crippen LogP contribution in [0.1, 0.15) is 0 Å². The summed E-state index contributed by atoms with van der Waals surface area (Å²) in [6.07, 6.45) is 0.117. The van der Waals surface area contributed by atoms with E-state index in [1.165, 1.54) is 0 Å². The highest BCUT2D eigenvalue weighted by Crippen LogP contribution is 2.29. The fourth-order valence-electron chi connectivity index (χ4n) is 2.27. The molecule has 0 bridgehead atoms. The normalized spacial score (nSPS) is 19.5. The second-order valence-electron chi connectivity index (χ2n) is 4.94. The van der Waals surface area contributed by atoms with Crippen molar-refractivity contribution in [1.82, 2.24) is 10.2 Å². The molecule has 1 fully saturated rings. The summed E-state index contributed by atoms with van der Waals surface area (Å²) in [6, 6.07) is 5.17. The molecule has 0 saturated carbocycles. The summed E-state index contributed by atoms with van der Waals surface area (Å²) in [5.41, 5.74) is 0.536. The third kappa shape index (κ3) is 4.83. The Balaban J connectivity index is 1.88. The molecule has 5 nitrogen and oxygen atoms in total. The van der Waals surface area contributed by atoms with E-state index in [1.807, 2.05) is 7.05 Å². The lowest BCUT2D eigenvalue weighted by Gasteiger charge is -2.32. The molecule has 21 heavy (non-hydrogen) atoms. The second kappa shape index (κ2) is 7.96. The smallest absolute Gasteiger partial charge is 0.238 e. The summed E-state index contributed by atoms with van der Waals surface area (Å²) in [5, 5.41) is 6.66. The zero-order chi connectivity index (χ0) is 15.2. The van der Waals surface area contributed by atoms with Gasteiger partial charge < -0.3 is 15.4 Å². The number of ether oxygens (including phenoxy) is 1. The van der Waals surface area contributed by atoms with Gasteiger partial charge in [0.25, 0.3) is 0 Å². The van der Waals surface area contributed by atoms with E-state index in [1.54, 1.807) is 18.2 Å². The molecule has 2 N–H and O–H groups in total. The summed E-state index contributed by atoms with van der Waals surface area (Å²) in [5.74, 6) is -0.107. The van der Waals surface area contributed by atoms with Gasteiger partial charge in [-0.15, -0.1) is 0 Å². The Labute approximate surface area is 134 Å². The van der Waals surface area contributed by atoms with Crippen molar-refractivity contribution in [1.29, 1.82) is 0 Å². The van der Waals surface area contributed by atoms with E-state index in [9.17, 15) is 4.79 Å². The summed E-state index contributed by atoms with van der Waals surface area (Å²) in [4.78, 5) is 14.2. The molecule has 0 aromatic heterocycles. The molecule has 116 valence electrons. The van der Waals surface area contributed by atoms with Crippen molar-refractivity contribution in [3.05, 3.63) is 28.2 Å². The lowest BCUT2D eigenvalue weighted by molar-refractivity contribution is -0.119. The Morgan fingerprint density at radius 2 is 2.29 bits per heavy atom. The van der Waals surface area contributed by atoms with E-state index in [2.05, 4.69) is 15.5 Å². The number of nitrogens with one attached hydrogen (secondary N) is 2. The average molecular weight is 332 g/mol. The van der Waals surface area contributed by atoms with Crippen molar-refractivity contribution in [2.24, 2.45) is 0 Å². The molecule has 1 aliphatic rings. The molecule has 0 aliphatic carbocycles. The van der Waals surface area contributed by atoms with E-state index >= 15 is 0 Å². The van der Waals surface area contributed by atoms with Crippen LogP contribution in [0.15, 0.2) is 18.2 Å². The number of morpholine rings is 1. The van der Waals surface area contributed by atoms with Crippen LogP contribution < -0.4 is 10.6 Å². The zero-order valence-electron chi connectivity index (χ0n) is 11.9. The number of rotatable bonds is 5. The molecule has 1 amide bonds. The standard InChI is InChI=1S/C14H19Cl2N3O2/c1-17-7-10-8-19(5-6-21-10)9-13(20)18-12-4-2-3-11(15)14(12)16/h2-4,10,17H,5-9H2,1H3,(H,18,20). The van der Waals surface area contributed by atoms with Crippen LogP contribution in [0.4, 0.5) is 5.69 Å². The minimum atomic E-state index is -0.107. The number of halogens is 2. The first-order chi connectivity index (χ1) is 10.1. The van der Waals surface area contributed by atoms with E-state index in [-0.39, 0.29) is 12.0 Å². The van der Waals surface area contributed by atoms with Crippen molar-refractivity contribution in [2.75, 3.05) is 45.2 Å². The fourth-order valence-corrected chi connectivity index (χ4v) is 2.62. The zero-order valence-corrected chi connectivity index (χ0v) is 13.4. The number of amides is 1. The maximum atomic E-state index is 12.1. The maximum absolute atomic E-state index is 12.1. The van der Waals surface area contributed by atoms with Crippen LogP contribution in [0.5, 0.6) is 0 Å². The van der Waals surface area contributed by atoms with Gasteiger partial charge in [0.2, 0.25) is 5.91 Å². The fraction of sp³-hybridized carbons (Fsp3) is 0.500. The van der Waals surface area contributed by atoms with Gasteiger partial charge in [-0.2, -0.15) is 0 Å². The van der Waals surface area contributed by atoms with Crippen LogP contribution in [0, 0.1) is 0 Å². The highest BCUT2D eigenvalue weighted by molar-refractivity contribution is 6.43. The Bertz CT molecular complexity index is 497. The molecule has 7 heteroatoms. The summed E-state index contributed by atoms with van der Waals surface area (Å²) in [7, 11) is 1.89. The van der Waals surface area contributed by atoms with Crippen LogP contribution in [0.2, 0.25) is 10.0 Å². The molecule has 0 radical (unpaired) electrons.